The molecule has 6 nitrogen and oxygen atoms in total. The number of nitrogens with zero attached hydrogens (tertiary/aromatic N) is 1. The van der Waals surface area contributed by atoms with E-state index < -0.39 is 25.1 Å². The Morgan fingerprint density at radius 3 is 2.54 bits per heavy atom. The fraction of sp³-hybridized carbons (Fsp3) is 0.333. The SMILES string of the molecule is O=S(=O)(Cc1ccco1)[C@H]1CCN(S(=O)(=O)c2ccccc2Br)C1. The van der Waals surface area contributed by atoms with Crippen molar-refractivity contribution in [2.45, 2.75) is 22.3 Å². The monoisotopic (exact) mass is 433 g/mol. The Kier molecular flexibility index (Phi) is 4.87. The molecule has 2 heterocycles. The van der Waals surface area contributed by atoms with Gasteiger partial charge in [0.1, 0.15) is 11.5 Å². The van der Waals surface area contributed by atoms with Gasteiger partial charge in [0, 0.05) is 17.6 Å². The number of halogens is 1. The van der Waals surface area contributed by atoms with Crippen LogP contribution in [0.3, 0.4) is 0 Å². The third-order valence-electron chi connectivity index (χ3n) is 3.99. The van der Waals surface area contributed by atoms with Crippen LogP contribution in [0.4, 0.5) is 0 Å². The summed E-state index contributed by atoms with van der Waals surface area (Å²) in [4.78, 5) is 0.147. The van der Waals surface area contributed by atoms with Gasteiger partial charge in [-0.2, -0.15) is 4.31 Å². The minimum Gasteiger partial charge on any atom is -0.468 e. The number of hydrogen-bond donors (Lipinski definition) is 0. The minimum atomic E-state index is -3.73. The van der Waals surface area contributed by atoms with E-state index in [1.165, 1.54) is 16.6 Å². The molecule has 1 saturated heterocycles. The lowest BCUT2D eigenvalue weighted by atomic mass is 10.4. The highest BCUT2D eigenvalue weighted by molar-refractivity contribution is 9.10. The van der Waals surface area contributed by atoms with Crippen LogP contribution in [0.5, 0.6) is 0 Å². The van der Waals surface area contributed by atoms with Gasteiger partial charge >= 0.3 is 0 Å². The smallest absolute Gasteiger partial charge is 0.244 e. The van der Waals surface area contributed by atoms with Crippen molar-refractivity contribution in [1.82, 2.24) is 4.31 Å². The predicted molar refractivity (Wildman–Crippen MR) is 92.6 cm³/mol. The quantitative estimate of drug-likeness (QED) is 0.722. The van der Waals surface area contributed by atoms with Gasteiger partial charge in [0.2, 0.25) is 10.0 Å². The molecule has 1 aromatic carbocycles. The molecule has 0 N–H and O–H groups in total. The average Bonchev–Trinajstić information content (AvgIpc) is 3.18. The van der Waals surface area contributed by atoms with Crippen molar-refractivity contribution < 1.29 is 21.3 Å². The molecule has 0 aliphatic carbocycles. The topological polar surface area (TPSA) is 84.7 Å². The zero-order chi connectivity index (χ0) is 17.4. The molecule has 0 radical (unpaired) electrons. The molecular formula is C15H16BrNO5S2. The number of hydrogen-bond acceptors (Lipinski definition) is 5. The molecule has 3 rings (SSSR count). The first-order valence-electron chi connectivity index (χ1n) is 7.29. The van der Waals surface area contributed by atoms with Crippen LogP contribution in [-0.4, -0.2) is 39.5 Å². The van der Waals surface area contributed by atoms with E-state index >= 15 is 0 Å². The molecule has 2 aromatic rings. The summed E-state index contributed by atoms with van der Waals surface area (Å²) in [7, 11) is -7.21. The van der Waals surface area contributed by atoms with Crippen LogP contribution in [0.25, 0.3) is 0 Å². The number of rotatable bonds is 5. The lowest BCUT2D eigenvalue weighted by molar-refractivity contribution is 0.475. The van der Waals surface area contributed by atoms with Gasteiger partial charge in [-0.05, 0) is 46.6 Å². The largest absolute Gasteiger partial charge is 0.468 e. The maximum atomic E-state index is 12.7. The van der Waals surface area contributed by atoms with Crippen LogP contribution in [0, 0.1) is 0 Å². The first kappa shape index (κ1) is 17.7. The molecule has 1 aliphatic heterocycles. The van der Waals surface area contributed by atoms with Crippen molar-refractivity contribution in [2.24, 2.45) is 0 Å². The molecule has 0 bridgehead atoms. The van der Waals surface area contributed by atoms with E-state index in [-0.39, 0.29) is 30.2 Å². The van der Waals surface area contributed by atoms with Crippen LogP contribution in [-0.2, 0) is 25.6 Å². The molecule has 1 fully saturated rings. The third kappa shape index (κ3) is 3.44. The first-order chi connectivity index (χ1) is 11.3. The number of benzene rings is 1. The van der Waals surface area contributed by atoms with Crippen molar-refractivity contribution in [1.29, 1.82) is 0 Å². The van der Waals surface area contributed by atoms with Crippen LogP contribution >= 0.6 is 15.9 Å². The molecule has 24 heavy (non-hydrogen) atoms. The summed E-state index contributed by atoms with van der Waals surface area (Å²) in [5, 5.41) is -0.722. The summed E-state index contributed by atoms with van der Waals surface area (Å²) < 4.78 is 57.2. The van der Waals surface area contributed by atoms with E-state index in [4.69, 9.17) is 4.42 Å². The Hall–Kier alpha value is -1.16. The lowest BCUT2D eigenvalue weighted by Crippen LogP contribution is -2.32. The van der Waals surface area contributed by atoms with E-state index in [1.54, 1.807) is 30.3 Å². The standard InChI is InChI=1S/C15H16BrNO5S2/c16-14-5-1-2-6-15(14)24(20,21)17-8-7-13(10-17)23(18,19)11-12-4-3-9-22-12/h1-6,9,13H,7-8,10-11H2/t13-/m0/s1. The van der Waals surface area contributed by atoms with Gasteiger partial charge in [-0.25, -0.2) is 16.8 Å². The van der Waals surface area contributed by atoms with E-state index in [1.807, 2.05) is 0 Å². The second kappa shape index (κ2) is 6.62. The first-order valence-corrected chi connectivity index (χ1v) is 11.2. The maximum Gasteiger partial charge on any atom is 0.244 e. The molecule has 0 amide bonds. The summed E-state index contributed by atoms with van der Waals surface area (Å²) in [5.41, 5.74) is 0. The molecule has 0 saturated carbocycles. The lowest BCUT2D eigenvalue weighted by Gasteiger charge is -2.17. The molecule has 130 valence electrons. The van der Waals surface area contributed by atoms with Crippen LogP contribution < -0.4 is 0 Å². The summed E-state index contributed by atoms with van der Waals surface area (Å²) in [6.07, 6.45) is 1.70. The summed E-state index contributed by atoms with van der Waals surface area (Å²) in [6.45, 7) is 0.151. The Labute approximate surface area is 149 Å². The van der Waals surface area contributed by atoms with Gasteiger partial charge in [-0.1, -0.05) is 12.1 Å². The molecule has 1 atom stereocenters. The molecule has 1 aliphatic rings. The Morgan fingerprint density at radius 1 is 1.12 bits per heavy atom. The van der Waals surface area contributed by atoms with Crippen LogP contribution in [0.1, 0.15) is 12.2 Å². The predicted octanol–water partition coefficient (Wildman–Crippen LogP) is 2.42. The Bertz CT molecular complexity index is 923. The van der Waals surface area contributed by atoms with Gasteiger partial charge in [-0.15, -0.1) is 0 Å². The van der Waals surface area contributed by atoms with E-state index in [0.717, 1.165) is 0 Å². The van der Waals surface area contributed by atoms with E-state index in [0.29, 0.717) is 10.2 Å². The van der Waals surface area contributed by atoms with Crippen molar-refractivity contribution >= 4 is 35.8 Å². The van der Waals surface area contributed by atoms with Crippen molar-refractivity contribution in [2.75, 3.05) is 13.1 Å². The molecule has 9 heteroatoms. The van der Waals surface area contributed by atoms with Crippen LogP contribution in [0.2, 0.25) is 0 Å². The van der Waals surface area contributed by atoms with Gasteiger partial charge in [0.15, 0.2) is 9.84 Å². The van der Waals surface area contributed by atoms with Crippen LogP contribution in [0.15, 0.2) is 56.4 Å². The van der Waals surface area contributed by atoms with E-state index in [9.17, 15) is 16.8 Å². The van der Waals surface area contributed by atoms with Gasteiger partial charge in [0.05, 0.1) is 16.4 Å². The number of sulfone groups is 1. The zero-order valence-electron chi connectivity index (χ0n) is 12.6. The number of sulfonamides is 1. The highest BCUT2D eigenvalue weighted by Gasteiger charge is 2.39. The summed E-state index contributed by atoms with van der Waals surface area (Å²) >= 11 is 3.24. The third-order valence-corrected chi connectivity index (χ3v) is 8.96. The normalized spacial score (nSPS) is 19.6. The second-order valence-corrected chi connectivity index (χ2v) is 10.6. The Balaban J connectivity index is 1.79. The van der Waals surface area contributed by atoms with Crippen molar-refractivity contribution in [3.8, 4) is 0 Å². The summed E-state index contributed by atoms with van der Waals surface area (Å²) in [6, 6.07) is 9.74. The van der Waals surface area contributed by atoms with E-state index in [2.05, 4.69) is 15.9 Å². The minimum absolute atomic E-state index is 0.0350. The van der Waals surface area contributed by atoms with Gasteiger partial charge in [-0.3, -0.25) is 0 Å². The molecule has 0 spiro atoms. The Morgan fingerprint density at radius 2 is 1.88 bits per heavy atom. The second-order valence-electron chi connectivity index (χ2n) is 5.59. The van der Waals surface area contributed by atoms with Gasteiger partial charge < -0.3 is 4.42 Å². The maximum absolute atomic E-state index is 12.7. The van der Waals surface area contributed by atoms with Crippen molar-refractivity contribution in [3.63, 3.8) is 0 Å². The molecule has 1 aromatic heterocycles. The highest BCUT2D eigenvalue weighted by atomic mass is 79.9. The number of furan rings is 1. The van der Waals surface area contributed by atoms with Crippen molar-refractivity contribution in [3.05, 3.63) is 52.9 Å². The molecular weight excluding hydrogens is 418 g/mol. The fourth-order valence-corrected chi connectivity index (χ4v) is 6.94. The zero-order valence-corrected chi connectivity index (χ0v) is 15.8. The van der Waals surface area contributed by atoms with Gasteiger partial charge in [0.25, 0.3) is 0 Å². The fourth-order valence-electron chi connectivity index (χ4n) is 2.71. The summed E-state index contributed by atoms with van der Waals surface area (Å²) in [5.74, 6) is 0.148. The average molecular weight is 434 g/mol. The molecule has 0 unspecified atom stereocenters. The highest BCUT2D eigenvalue weighted by Crippen LogP contribution is 2.29.